The number of aromatic nitrogens is 1. The Morgan fingerprint density at radius 3 is 1.96 bits per heavy atom. The monoisotopic (exact) mass is 367 g/mol. The summed E-state index contributed by atoms with van der Waals surface area (Å²) < 4.78 is 28.4. The molecule has 3 rings (SSSR count). The van der Waals surface area contributed by atoms with E-state index in [0.29, 0.717) is 4.90 Å². The summed E-state index contributed by atoms with van der Waals surface area (Å²) in [5, 5.41) is 0. The van der Waals surface area contributed by atoms with E-state index in [0.717, 1.165) is 47.3 Å². The van der Waals surface area contributed by atoms with Crippen molar-refractivity contribution in [3.63, 3.8) is 0 Å². The van der Waals surface area contributed by atoms with Crippen LogP contribution in [0.4, 0.5) is 0 Å². The normalized spacial score (nSPS) is 11.7. The van der Waals surface area contributed by atoms with Gasteiger partial charge in [-0.25, -0.2) is 12.4 Å². The smallest absolute Gasteiger partial charge is 0.238 e. The van der Waals surface area contributed by atoms with Crippen LogP contribution in [0.2, 0.25) is 0 Å². The Hall–Kier alpha value is -2.33. The van der Waals surface area contributed by atoms with Gasteiger partial charge in [-0.2, -0.15) is 0 Å². The minimum Gasteiger partial charge on any atom is -0.238 e. The number of nitrogens with zero attached hydrogens (tertiary/aromatic N) is 1. The van der Waals surface area contributed by atoms with Gasteiger partial charge in [-0.15, -0.1) is 0 Å². The average molecular weight is 368 g/mol. The Morgan fingerprint density at radius 1 is 0.808 bits per heavy atom. The second-order valence-electron chi connectivity index (χ2n) is 6.76. The molecule has 26 heavy (non-hydrogen) atoms. The summed E-state index contributed by atoms with van der Waals surface area (Å²) in [6, 6.07) is 18.9. The van der Waals surface area contributed by atoms with Crippen LogP contribution < -0.4 is 0 Å². The number of hydrogen-bond donors (Lipinski definition) is 0. The quantitative estimate of drug-likeness (QED) is 0.589. The highest BCUT2D eigenvalue weighted by molar-refractivity contribution is 7.90. The highest BCUT2D eigenvalue weighted by Gasteiger charge is 2.23. The first-order valence-corrected chi connectivity index (χ1v) is 10.5. The van der Waals surface area contributed by atoms with E-state index in [1.165, 1.54) is 3.97 Å². The Balaban J connectivity index is 2.17. The van der Waals surface area contributed by atoms with Gasteiger partial charge >= 0.3 is 0 Å². The van der Waals surface area contributed by atoms with Crippen molar-refractivity contribution in [2.75, 3.05) is 0 Å². The van der Waals surface area contributed by atoms with Gasteiger partial charge in [0.1, 0.15) is 0 Å². The van der Waals surface area contributed by atoms with Gasteiger partial charge in [-0.1, -0.05) is 60.9 Å². The van der Waals surface area contributed by atoms with E-state index in [-0.39, 0.29) is 0 Å². The first-order chi connectivity index (χ1) is 12.4. The molecule has 2 aromatic carbocycles. The van der Waals surface area contributed by atoms with Gasteiger partial charge in [-0.3, -0.25) is 0 Å². The minimum absolute atomic E-state index is 0.324. The van der Waals surface area contributed by atoms with Gasteiger partial charge in [0.25, 0.3) is 10.0 Å². The summed E-state index contributed by atoms with van der Waals surface area (Å²) in [7, 11) is -3.65. The Morgan fingerprint density at radius 2 is 1.38 bits per heavy atom. The molecule has 1 heterocycles. The van der Waals surface area contributed by atoms with Crippen LogP contribution in [0.15, 0.2) is 65.6 Å². The van der Waals surface area contributed by atoms with Crippen molar-refractivity contribution >= 4 is 10.0 Å². The van der Waals surface area contributed by atoms with E-state index in [9.17, 15) is 8.42 Å². The first kappa shape index (κ1) is 18.5. The fraction of sp³-hybridized carbons (Fsp3) is 0.273. The van der Waals surface area contributed by atoms with E-state index in [4.69, 9.17) is 0 Å². The lowest BCUT2D eigenvalue weighted by Crippen LogP contribution is -2.17. The zero-order valence-corrected chi connectivity index (χ0v) is 16.4. The molecular formula is C22H25NO2S. The molecular weight excluding hydrogens is 342 g/mol. The lowest BCUT2D eigenvalue weighted by molar-refractivity contribution is 0.585. The number of hydrogen-bond acceptors (Lipinski definition) is 2. The molecule has 0 N–H and O–H groups in total. The molecule has 0 aliphatic carbocycles. The maximum atomic E-state index is 13.4. The predicted octanol–water partition coefficient (Wildman–Crippen LogP) is 5.35. The van der Waals surface area contributed by atoms with Crippen LogP contribution in [-0.2, 0) is 16.4 Å². The molecule has 4 heteroatoms. The Kier molecular flexibility index (Phi) is 5.33. The Labute approximate surface area is 156 Å². The molecule has 0 aliphatic rings. The summed E-state index contributed by atoms with van der Waals surface area (Å²) in [5.41, 5.74) is 4.66. The highest BCUT2D eigenvalue weighted by Crippen LogP contribution is 2.29. The largest absolute Gasteiger partial charge is 0.268 e. The summed E-state index contributed by atoms with van der Waals surface area (Å²) in [6.07, 6.45) is 2.73. The fourth-order valence-corrected chi connectivity index (χ4v) is 4.62. The first-order valence-electron chi connectivity index (χ1n) is 9.03. The Bertz CT molecular complexity index is 982. The summed E-state index contributed by atoms with van der Waals surface area (Å²) in [5.74, 6) is 0. The van der Waals surface area contributed by atoms with Gasteiger partial charge in [-0.05, 0) is 56.5 Å². The average Bonchev–Trinajstić information content (AvgIpc) is 3.05. The van der Waals surface area contributed by atoms with Gasteiger partial charge < -0.3 is 0 Å². The van der Waals surface area contributed by atoms with E-state index >= 15 is 0 Å². The van der Waals surface area contributed by atoms with Crippen LogP contribution in [0.3, 0.4) is 0 Å². The van der Waals surface area contributed by atoms with Crippen LogP contribution in [-0.4, -0.2) is 12.4 Å². The minimum atomic E-state index is -3.65. The summed E-state index contributed by atoms with van der Waals surface area (Å²) in [4.78, 5) is 0.324. The van der Waals surface area contributed by atoms with Gasteiger partial charge in [0.2, 0.25) is 0 Å². The van der Waals surface area contributed by atoms with E-state index in [2.05, 4.69) is 6.92 Å². The third kappa shape index (κ3) is 3.61. The zero-order valence-electron chi connectivity index (χ0n) is 15.6. The third-order valence-corrected chi connectivity index (χ3v) is 6.39. The van der Waals surface area contributed by atoms with Crippen molar-refractivity contribution in [1.29, 1.82) is 0 Å². The topological polar surface area (TPSA) is 39.1 Å². The lowest BCUT2D eigenvalue weighted by atomic mass is 10.1. The molecule has 0 spiro atoms. The fourth-order valence-electron chi connectivity index (χ4n) is 3.05. The number of benzene rings is 2. The molecule has 0 atom stereocenters. The maximum Gasteiger partial charge on any atom is 0.268 e. The lowest BCUT2D eigenvalue weighted by Gasteiger charge is -2.15. The summed E-state index contributed by atoms with van der Waals surface area (Å²) in [6.45, 7) is 6.09. The molecule has 0 aliphatic heterocycles. The molecule has 0 amide bonds. The second kappa shape index (κ2) is 7.50. The SMILES string of the molecule is CCCCc1ccc(-c2ccc(C)cc2)n1S(=O)(=O)c1ccc(C)cc1. The summed E-state index contributed by atoms with van der Waals surface area (Å²) >= 11 is 0. The molecule has 0 bridgehead atoms. The van der Waals surface area contributed by atoms with Crippen molar-refractivity contribution in [3.05, 3.63) is 77.5 Å². The van der Waals surface area contributed by atoms with Gasteiger partial charge in [0, 0.05) is 5.69 Å². The molecule has 3 aromatic rings. The zero-order chi connectivity index (χ0) is 18.7. The van der Waals surface area contributed by atoms with E-state index in [1.54, 1.807) is 12.1 Å². The van der Waals surface area contributed by atoms with E-state index < -0.39 is 10.0 Å². The number of unbranched alkanes of at least 4 members (excludes halogenated alkanes) is 1. The van der Waals surface area contributed by atoms with Gasteiger partial charge in [0.15, 0.2) is 0 Å². The highest BCUT2D eigenvalue weighted by atomic mass is 32.2. The third-order valence-electron chi connectivity index (χ3n) is 4.61. The second-order valence-corrected chi connectivity index (χ2v) is 8.55. The molecule has 0 unspecified atom stereocenters. The van der Waals surface area contributed by atoms with Crippen molar-refractivity contribution in [3.8, 4) is 11.3 Å². The van der Waals surface area contributed by atoms with Gasteiger partial charge in [0.05, 0.1) is 10.6 Å². The predicted molar refractivity (Wildman–Crippen MR) is 107 cm³/mol. The van der Waals surface area contributed by atoms with Crippen molar-refractivity contribution in [1.82, 2.24) is 3.97 Å². The van der Waals surface area contributed by atoms with Crippen LogP contribution >= 0.6 is 0 Å². The molecule has 0 fully saturated rings. The van der Waals surface area contributed by atoms with Crippen LogP contribution in [0.25, 0.3) is 11.3 Å². The van der Waals surface area contributed by atoms with E-state index in [1.807, 2.05) is 62.4 Å². The number of aryl methyl sites for hydroxylation is 3. The maximum absolute atomic E-state index is 13.4. The molecule has 136 valence electrons. The van der Waals surface area contributed by atoms with Crippen molar-refractivity contribution < 1.29 is 8.42 Å². The molecule has 0 saturated heterocycles. The van der Waals surface area contributed by atoms with Crippen molar-refractivity contribution in [2.45, 2.75) is 44.9 Å². The molecule has 0 radical (unpaired) electrons. The van der Waals surface area contributed by atoms with Crippen LogP contribution in [0.1, 0.15) is 36.6 Å². The van der Waals surface area contributed by atoms with Crippen LogP contribution in [0.5, 0.6) is 0 Å². The van der Waals surface area contributed by atoms with Crippen LogP contribution in [0, 0.1) is 13.8 Å². The van der Waals surface area contributed by atoms with Crippen molar-refractivity contribution in [2.24, 2.45) is 0 Å². The number of rotatable bonds is 6. The standard InChI is InChI=1S/C22H25NO2S/c1-4-5-6-20-13-16-22(19-11-7-17(2)8-12-19)23(20)26(24,25)21-14-9-18(3)10-15-21/h7-16H,4-6H2,1-3H3. The molecule has 0 saturated carbocycles. The molecule has 3 nitrogen and oxygen atoms in total. The molecule has 1 aromatic heterocycles.